The summed E-state index contributed by atoms with van der Waals surface area (Å²) in [5.74, 6) is -0.493. The van der Waals surface area contributed by atoms with E-state index in [0.29, 0.717) is 26.1 Å². The van der Waals surface area contributed by atoms with Crippen molar-refractivity contribution in [3.8, 4) is 0 Å². The van der Waals surface area contributed by atoms with Crippen LogP contribution >= 0.6 is 35.0 Å². The Labute approximate surface area is 143 Å². The molecule has 5 heteroatoms. The number of carbonyl (C=O) groups excluding carboxylic acids is 2. The summed E-state index contributed by atoms with van der Waals surface area (Å²) in [5, 5.41) is 0.957. The highest BCUT2D eigenvalue weighted by atomic mass is 35.5. The molecule has 0 aliphatic heterocycles. The summed E-state index contributed by atoms with van der Waals surface area (Å²) in [4.78, 5) is 25.0. The van der Waals surface area contributed by atoms with Crippen molar-refractivity contribution < 1.29 is 9.59 Å². The molecule has 2 nitrogen and oxygen atoms in total. The van der Waals surface area contributed by atoms with Gasteiger partial charge in [-0.15, -0.1) is 11.8 Å². The number of carbonyl (C=O) groups is 2. The smallest absolute Gasteiger partial charge is 0.199 e. The van der Waals surface area contributed by atoms with Crippen LogP contribution in [-0.4, -0.2) is 17.8 Å². The third-order valence-corrected chi connectivity index (χ3v) is 4.12. The molecule has 0 bridgehead atoms. The van der Waals surface area contributed by atoms with E-state index in [1.165, 1.54) is 17.8 Å². The predicted octanol–water partition coefficient (Wildman–Crippen LogP) is 5.31. The lowest BCUT2D eigenvalue weighted by atomic mass is 10.1. The molecule has 0 aliphatic rings. The highest BCUT2D eigenvalue weighted by molar-refractivity contribution is 8.03. The number of allylic oxidation sites excluding steroid dienone is 2. The second-order valence-electron chi connectivity index (χ2n) is 4.43. The maximum atomic E-state index is 12.4. The van der Waals surface area contributed by atoms with Crippen molar-refractivity contribution in [2.45, 2.75) is 0 Å². The monoisotopic (exact) mass is 350 g/mol. The Hall–Kier alpha value is -1.55. The first-order valence-electron chi connectivity index (χ1n) is 6.37. The van der Waals surface area contributed by atoms with Gasteiger partial charge in [0.1, 0.15) is 0 Å². The molecule has 0 spiro atoms. The van der Waals surface area contributed by atoms with E-state index in [4.69, 9.17) is 23.2 Å². The Bertz CT molecular complexity index is 754. The quantitative estimate of drug-likeness (QED) is 0.541. The first kappa shape index (κ1) is 16.8. The number of hydrogen-bond donors (Lipinski definition) is 0. The summed E-state index contributed by atoms with van der Waals surface area (Å²) < 4.78 is 0. The maximum Gasteiger partial charge on any atom is 0.199 e. The van der Waals surface area contributed by atoms with Gasteiger partial charge < -0.3 is 0 Å². The molecule has 0 aliphatic carbocycles. The first-order valence-corrected chi connectivity index (χ1v) is 8.35. The molecule has 2 aromatic carbocycles. The summed E-state index contributed by atoms with van der Waals surface area (Å²) in [6.07, 6.45) is 3.08. The second kappa shape index (κ2) is 7.63. The van der Waals surface area contributed by atoms with Crippen LogP contribution in [0, 0.1) is 0 Å². The van der Waals surface area contributed by atoms with Crippen molar-refractivity contribution in [2.75, 3.05) is 6.26 Å². The number of halogens is 2. The van der Waals surface area contributed by atoms with Gasteiger partial charge in [0, 0.05) is 27.2 Å². The van der Waals surface area contributed by atoms with E-state index in [2.05, 4.69) is 0 Å². The van der Waals surface area contributed by atoms with Crippen LogP contribution in [0.3, 0.4) is 0 Å². The van der Waals surface area contributed by atoms with Crippen molar-refractivity contribution in [3.63, 3.8) is 0 Å². The molecule has 0 radical (unpaired) electrons. The van der Waals surface area contributed by atoms with Crippen LogP contribution in [0.1, 0.15) is 20.7 Å². The van der Waals surface area contributed by atoms with Crippen molar-refractivity contribution in [2.24, 2.45) is 0 Å². The van der Waals surface area contributed by atoms with Crippen molar-refractivity contribution in [1.82, 2.24) is 0 Å². The van der Waals surface area contributed by atoms with Crippen LogP contribution in [0.4, 0.5) is 0 Å². The Balaban J connectivity index is 2.31. The van der Waals surface area contributed by atoms with Crippen LogP contribution in [-0.2, 0) is 0 Å². The molecule has 2 rings (SSSR count). The summed E-state index contributed by atoms with van der Waals surface area (Å²) in [5.41, 5.74) is 0.893. The lowest BCUT2D eigenvalue weighted by molar-refractivity contribution is 0.101. The minimum atomic E-state index is -0.262. The van der Waals surface area contributed by atoms with Crippen LogP contribution in [0.25, 0.3) is 0 Å². The van der Waals surface area contributed by atoms with Gasteiger partial charge >= 0.3 is 0 Å². The number of ketones is 2. The molecule has 0 saturated heterocycles. The average molecular weight is 351 g/mol. The summed E-state index contributed by atoms with van der Waals surface area (Å²) in [6.45, 7) is 0. The van der Waals surface area contributed by atoms with Crippen molar-refractivity contribution in [3.05, 3.63) is 80.7 Å². The first-order chi connectivity index (χ1) is 10.5. The van der Waals surface area contributed by atoms with Crippen LogP contribution in [0.15, 0.2) is 59.5 Å². The Morgan fingerprint density at radius 1 is 0.955 bits per heavy atom. The van der Waals surface area contributed by atoms with E-state index in [0.717, 1.165) is 0 Å². The van der Waals surface area contributed by atoms with Crippen molar-refractivity contribution >= 4 is 46.5 Å². The topological polar surface area (TPSA) is 34.1 Å². The van der Waals surface area contributed by atoms with Crippen LogP contribution in [0.2, 0.25) is 10.0 Å². The molecule has 0 heterocycles. The summed E-state index contributed by atoms with van der Waals surface area (Å²) in [6, 6.07) is 13.3. The van der Waals surface area contributed by atoms with E-state index < -0.39 is 0 Å². The average Bonchev–Trinajstić information content (AvgIpc) is 2.51. The lowest BCUT2D eigenvalue weighted by Crippen LogP contribution is -2.04. The van der Waals surface area contributed by atoms with Gasteiger partial charge in [-0.3, -0.25) is 9.59 Å². The zero-order valence-corrected chi connectivity index (χ0v) is 14.0. The molecule has 0 fully saturated rings. The van der Waals surface area contributed by atoms with E-state index >= 15 is 0 Å². The van der Waals surface area contributed by atoms with Gasteiger partial charge in [0.15, 0.2) is 11.6 Å². The van der Waals surface area contributed by atoms with E-state index in [-0.39, 0.29) is 11.6 Å². The van der Waals surface area contributed by atoms with Gasteiger partial charge in [-0.1, -0.05) is 47.5 Å². The van der Waals surface area contributed by atoms with Gasteiger partial charge in [-0.2, -0.15) is 0 Å². The standard InChI is InChI=1S/C17H12Cl2O2S/c1-22-16(17(21)12-5-3-7-14(19)9-12)10-15(20)11-4-2-6-13(18)8-11/h2-10H,1H3/b16-10-. The third kappa shape index (κ3) is 4.23. The van der Waals surface area contributed by atoms with Gasteiger partial charge in [0.2, 0.25) is 0 Å². The molecule has 0 saturated carbocycles. The second-order valence-corrected chi connectivity index (χ2v) is 6.15. The largest absolute Gasteiger partial charge is 0.289 e. The van der Waals surface area contributed by atoms with Crippen LogP contribution in [0.5, 0.6) is 0 Å². The number of Topliss-reactive ketones (excluding diaryl/α,β-unsaturated/α-hetero) is 1. The molecule has 0 amide bonds. The van der Waals surface area contributed by atoms with E-state index in [1.807, 2.05) is 0 Å². The minimum Gasteiger partial charge on any atom is -0.289 e. The summed E-state index contributed by atoms with van der Waals surface area (Å²) >= 11 is 13.0. The lowest BCUT2D eigenvalue weighted by Gasteiger charge is -2.04. The minimum absolute atomic E-state index is 0.231. The molecule has 0 N–H and O–H groups in total. The zero-order valence-electron chi connectivity index (χ0n) is 11.7. The fourth-order valence-corrected chi connectivity index (χ4v) is 2.74. The molecular weight excluding hydrogens is 339 g/mol. The van der Waals surface area contributed by atoms with Gasteiger partial charge in [0.05, 0.1) is 4.91 Å². The number of benzene rings is 2. The van der Waals surface area contributed by atoms with Gasteiger partial charge in [0.25, 0.3) is 0 Å². The highest BCUT2D eigenvalue weighted by Gasteiger charge is 2.14. The predicted molar refractivity (Wildman–Crippen MR) is 93.2 cm³/mol. The third-order valence-electron chi connectivity index (χ3n) is 2.90. The van der Waals surface area contributed by atoms with E-state index in [9.17, 15) is 9.59 Å². The van der Waals surface area contributed by atoms with E-state index in [1.54, 1.807) is 54.8 Å². The van der Waals surface area contributed by atoms with Gasteiger partial charge in [-0.25, -0.2) is 0 Å². The SMILES string of the molecule is CS/C(=C\C(=O)c1cccc(Cl)c1)C(=O)c1cccc(Cl)c1. The fourth-order valence-electron chi connectivity index (χ4n) is 1.83. The maximum absolute atomic E-state index is 12.4. The molecule has 0 unspecified atom stereocenters. The molecule has 0 atom stereocenters. The normalized spacial score (nSPS) is 11.3. The Morgan fingerprint density at radius 3 is 2.05 bits per heavy atom. The molecular formula is C17H12Cl2O2S. The Morgan fingerprint density at radius 2 is 1.50 bits per heavy atom. The van der Waals surface area contributed by atoms with Crippen molar-refractivity contribution in [1.29, 1.82) is 0 Å². The molecule has 22 heavy (non-hydrogen) atoms. The fraction of sp³-hybridized carbons (Fsp3) is 0.0588. The molecule has 2 aromatic rings. The number of hydrogen-bond acceptors (Lipinski definition) is 3. The Kier molecular flexibility index (Phi) is 5.83. The van der Waals surface area contributed by atoms with Crippen LogP contribution < -0.4 is 0 Å². The molecule has 112 valence electrons. The number of thioether (sulfide) groups is 1. The summed E-state index contributed by atoms with van der Waals surface area (Å²) in [7, 11) is 0. The van der Waals surface area contributed by atoms with Gasteiger partial charge in [-0.05, 0) is 30.5 Å². The molecule has 0 aromatic heterocycles. The highest BCUT2D eigenvalue weighted by Crippen LogP contribution is 2.22. The zero-order chi connectivity index (χ0) is 16.1. The number of rotatable bonds is 5.